The molecule has 0 aliphatic carbocycles. The van der Waals surface area contributed by atoms with Crippen LogP contribution in [0.15, 0.2) is 53.4 Å². The second-order valence-corrected chi connectivity index (χ2v) is 11.5. The molecule has 35 heavy (non-hydrogen) atoms. The number of sulfone groups is 1. The lowest BCUT2D eigenvalue weighted by atomic mass is 10.1. The number of carbonyl (C=O) groups excluding carboxylic acids is 2. The molecule has 2 aromatic carbocycles. The zero-order valence-electron chi connectivity index (χ0n) is 20.5. The van der Waals surface area contributed by atoms with Gasteiger partial charge in [-0.05, 0) is 75.2 Å². The summed E-state index contributed by atoms with van der Waals surface area (Å²) in [6.07, 6.45) is 3.34. The number of nitrogens with zero attached hydrogens (tertiary/aromatic N) is 3. The standard InChI is InChI=1S/C26H33N3O5S/c1-19(2)27-14-12-23(13-15-27)34-22-8-6-21(7-9-22)29-17-16-28(18-25(29)30)26(31)20-4-10-24(11-5-20)35(3,32)33/h4-11,19,23H,12-18H2,1-3H3. The monoisotopic (exact) mass is 499 g/mol. The highest BCUT2D eigenvalue weighted by molar-refractivity contribution is 7.90. The number of benzene rings is 2. The lowest BCUT2D eigenvalue weighted by Gasteiger charge is -2.35. The van der Waals surface area contributed by atoms with Gasteiger partial charge in [-0.1, -0.05) is 0 Å². The van der Waals surface area contributed by atoms with E-state index >= 15 is 0 Å². The zero-order chi connectivity index (χ0) is 25.2. The van der Waals surface area contributed by atoms with Gasteiger partial charge in [-0.15, -0.1) is 0 Å². The van der Waals surface area contributed by atoms with Gasteiger partial charge in [0.25, 0.3) is 5.91 Å². The molecule has 0 saturated carbocycles. The molecule has 4 rings (SSSR count). The van der Waals surface area contributed by atoms with E-state index in [-0.39, 0.29) is 29.4 Å². The number of carbonyl (C=O) groups is 2. The van der Waals surface area contributed by atoms with Crippen molar-refractivity contribution in [1.29, 1.82) is 0 Å². The molecule has 0 radical (unpaired) electrons. The third-order valence-corrected chi connectivity index (χ3v) is 7.82. The fraction of sp³-hybridized carbons (Fsp3) is 0.462. The largest absolute Gasteiger partial charge is 0.490 e. The summed E-state index contributed by atoms with van der Waals surface area (Å²) in [7, 11) is -3.33. The smallest absolute Gasteiger partial charge is 0.254 e. The Morgan fingerprint density at radius 3 is 2.11 bits per heavy atom. The second kappa shape index (κ2) is 10.4. The van der Waals surface area contributed by atoms with Crippen LogP contribution < -0.4 is 9.64 Å². The van der Waals surface area contributed by atoms with E-state index in [1.54, 1.807) is 4.90 Å². The Balaban J connectivity index is 1.32. The van der Waals surface area contributed by atoms with E-state index in [4.69, 9.17) is 4.74 Å². The molecule has 9 heteroatoms. The van der Waals surface area contributed by atoms with Gasteiger partial charge in [0.1, 0.15) is 18.4 Å². The normalized spacial score (nSPS) is 18.2. The molecule has 2 aliphatic heterocycles. The lowest BCUT2D eigenvalue weighted by Crippen LogP contribution is -2.52. The molecule has 0 aromatic heterocycles. The van der Waals surface area contributed by atoms with Gasteiger partial charge in [0.2, 0.25) is 5.91 Å². The second-order valence-electron chi connectivity index (χ2n) is 9.51. The molecule has 2 heterocycles. The van der Waals surface area contributed by atoms with Crippen LogP contribution >= 0.6 is 0 Å². The molecule has 0 spiro atoms. The summed E-state index contributed by atoms with van der Waals surface area (Å²) < 4.78 is 29.4. The Labute approximate surface area is 207 Å². The molecule has 0 atom stereocenters. The molecular formula is C26H33N3O5S. The van der Waals surface area contributed by atoms with Crippen molar-refractivity contribution in [3.05, 3.63) is 54.1 Å². The maximum Gasteiger partial charge on any atom is 0.254 e. The first-order chi connectivity index (χ1) is 16.6. The van der Waals surface area contributed by atoms with Crippen LogP contribution in [0, 0.1) is 0 Å². The van der Waals surface area contributed by atoms with Crippen molar-refractivity contribution in [2.45, 2.75) is 43.7 Å². The maximum absolute atomic E-state index is 12.8. The first-order valence-electron chi connectivity index (χ1n) is 12.0. The van der Waals surface area contributed by atoms with Gasteiger partial charge in [-0.25, -0.2) is 8.42 Å². The Hall–Kier alpha value is -2.91. The van der Waals surface area contributed by atoms with Crippen LogP contribution in [0.5, 0.6) is 5.75 Å². The van der Waals surface area contributed by atoms with E-state index in [9.17, 15) is 18.0 Å². The van der Waals surface area contributed by atoms with Gasteiger partial charge >= 0.3 is 0 Å². The van der Waals surface area contributed by atoms with Crippen LogP contribution in [0.4, 0.5) is 5.69 Å². The average Bonchev–Trinajstić information content (AvgIpc) is 2.84. The predicted molar refractivity (Wildman–Crippen MR) is 135 cm³/mol. The Bertz CT molecular complexity index is 1150. The van der Waals surface area contributed by atoms with E-state index in [1.807, 2.05) is 24.3 Å². The fourth-order valence-electron chi connectivity index (χ4n) is 4.55. The summed E-state index contributed by atoms with van der Waals surface area (Å²) in [6, 6.07) is 13.9. The maximum atomic E-state index is 12.8. The molecule has 0 unspecified atom stereocenters. The van der Waals surface area contributed by atoms with Crippen LogP contribution in [0.25, 0.3) is 0 Å². The molecule has 2 amide bonds. The number of rotatable bonds is 6. The SMILES string of the molecule is CC(C)N1CCC(Oc2ccc(N3CCN(C(=O)c4ccc(S(C)(=O)=O)cc4)CC3=O)cc2)CC1. The highest BCUT2D eigenvalue weighted by atomic mass is 32.2. The molecule has 2 fully saturated rings. The summed E-state index contributed by atoms with van der Waals surface area (Å²) in [5.41, 5.74) is 1.14. The van der Waals surface area contributed by atoms with Crippen molar-refractivity contribution < 1.29 is 22.7 Å². The minimum atomic E-state index is -3.33. The molecule has 8 nitrogen and oxygen atoms in total. The van der Waals surface area contributed by atoms with Crippen LogP contribution in [0.3, 0.4) is 0 Å². The first kappa shape index (κ1) is 25.2. The number of likely N-dealkylation sites (tertiary alicyclic amines) is 1. The molecule has 0 bridgehead atoms. The van der Waals surface area contributed by atoms with Gasteiger partial charge in [0.05, 0.1) is 4.90 Å². The van der Waals surface area contributed by atoms with E-state index in [1.165, 1.54) is 29.2 Å². The molecular weight excluding hydrogens is 466 g/mol. The number of piperidine rings is 1. The van der Waals surface area contributed by atoms with E-state index in [2.05, 4.69) is 18.7 Å². The number of ether oxygens (including phenoxy) is 1. The molecule has 2 aliphatic rings. The minimum Gasteiger partial charge on any atom is -0.490 e. The molecule has 0 N–H and O–H groups in total. The van der Waals surface area contributed by atoms with Gasteiger partial charge < -0.3 is 19.4 Å². The topological polar surface area (TPSA) is 87.2 Å². The fourth-order valence-corrected chi connectivity index (χ4v) is 5.18. The number of anilines is 1. The van der Waals surface area contributed by atoms with Crippen molar-refractivity contribution in [3.63, 3.8) is 0 Å². The van der Waals surface area contributed by atoms with Gasteiger partial charge in [0, 0.05) is 49.7 Å². The summed E-state index contributed by atoms with van der Waals surface area (Å²) >= 11 is 0. The number of piperazine rings is 1. The minimum absolute atomic E-state index is 0.0284. The number of amides is 2. The zero-order valence-corrected chi connectivity index (χ0v) is 21.3. The lowest BCUT2D eigenvalue weighted by molar-refractivity contribution is -0.120. The third-order valence-electron chi connectivity index (χ3n) is 6.70. The van der Waals surface area contributed by atoms with Crippen molar-refractivity contribution in [1.82, 2.24) is 9.80 Å². The van der Waals surface area contributed by atoms with Crippen LogP contribution in [-0.2, 0) is 14.6 Å². The van der Waals surface area contributed by atoms with Crippen molar-refractivity contribution in [3.8, 4) is 5.75 Å². The van der Waals surface area contributed by atoms with Crippen LogP contribution in [-0.4, -0.2) is 81.2 Å². The van der Waals surface area contributed by atoms with E-state index < -0.39 is 9.84 Å². The summed E-state index contributed by atoms with van der Waals surface area (Å²) in [4.78, 5) is 31.5. The van der Waals surface area contributed by atoms with E-state index in [0.29, 0.717) is 24.7 Å². The Kier molecular flexibility index (Phi) is 7.47. The van der Waals surface area contributed by atoms with Crippen LogP contribution in [0.1, 0.15) is 37.0 Å². The van der Waals surface area contributed by atoms with Crippen molar-refractivity contribution in [2.75, 3.05) is 43.9 Å². The van der Waals surface area contributed by atoms with Gasteiger partial charge in [0.15, 0.2) is 9.84 Å². The molecule has 2 aromatic rings. The predicted octanol–water partition coefficient (Wildman–Crippen LogP) is 2.83. The van der Waals surface area contributed by atoms with Gasteiger partial charge in [-0.2, -0.15) is 0 Å². The van der Waals surface area contributed by atoms with E-state index in [0.717, 1.165) is 43.6 Å². The molecule has 188 valence electrons. The number of hydrogen-bond acceptors (Lipinski definition) is 6. The number of hydrogen-bond donors (Lipinski definition) is 0. The first-order valence-corrected chi connectivity index (χ1v) is 13.9. The Morgan fingerprint density at radius 2 is 1.57 bits per heavy atom. The van der Waals surface area contributed by atoms with Gasteiger partial charge in [-0.3, -0.25) is 9.59 Å². The van der Waals surface area contributed by atoms with Crippen molar-refractivity contribution >= 4 is 27.3 Å². The highest BCUT2D eigenvalue weighted by Crippen LogP contribution is 2.25. The molecule has 2 saturated heterocycles. The van der Waals surface area contributed by atoms with Crippen molar-refractivity contribution in [2.24, 2.45) is 0 Å². The summed E-state index contributed by atoms with van der Waals surface area (Å²) in [5.74, 6) is 0.355. The Morgan fingerprint density at radius 1 is 0.943 bits per heavy atom. The quantitative estimate of drug-likeness (QED) is 0.608. The third kappa shape index (κ3) is 6.02. The highest BCUT2D eigenvalue weighted by Gasteiger charge is 2.29. The van der Waals surface area contributed by atoms with Crippen LogP contribution in [0.2, 0.25) is 0 Å². The average molecular weight is 500 g/mol. The summed E-state index contributed by atoms with van der Waals surface area (Å²) in [6.45, 7) is 7.27. The summed E-state index contributed by atoms with van der Waals surface area (Å²) in [5, 5.41) is 0.